The summed E-state index contributed by atoms with van der Waals surface area (Å²) >= 11 is 0. The molecule has 0 aliphatic carbocycles. The van der Waals surface area contributed by atoms with E-state index in [0.29, 0.717) is 11.6 Å². The van der Waals surface area contributed by atoms with Gasteiger partial charge in [0, 0.05) is 24.7 Å². The Morgan fingerprint density at radius 3 is 3.00 bits per heavy atom. The van der Waals surface area contributed by atoms with E-state index in [0.717, 1.165) is 38.2 Å². The van der Waals surface area contributed by atoms with Crippen LogP contribution in [0.5, 0.6) is 0 Å². The van der Waals surface area contributed by atoms with E-state index in [-0.39, 0.29) is 5.91 Å². The van der Waals surface area contributed by atoms with Crippen molar-refractivity contribution in [1.82, 2.24) is 10.2 Å². The highest BCUT2D eigenvalue weighted by atomic mass is 16.1. The summed E-state index contributed by atoms with van der Waals surface area (Å²) in [4.78, 5) is 13.7. The lowest BCUT2D eigenvalue weighted by molar-refractivity contribution is 0.1000. The number of hydrogen-bond acceptors (Lipinski definition) is 3. The molecule has 0 aromatic heterocycles. The number of rotatable bonds is 7. The lowest BCUT2D eigenvalue weighted by atomic mass is 10.1. The second kappa shape index (κ2) is 7.41. The van der Waals surface area contributed by atoms with Gasteiger partial charge in [-0.3, -0.25) is 9.69 Å². The second-order valence-electron chi connectivity index (χ2n) is 5.59. The maximum atomic E-state index is 11.2. The molecular formula is C16H25N3O. The molecule has 110 valence electrons. The van der Waals surface area contributed by atoms with E-state index in [1.54, 1.807) is 6.07 Å². The molecule has 1 aliphatic heterocycles. The van der Waals surface area contributed by atoms with Crippen molar-refractivity contribution < 1.29 is 4.79 Å². The SMILES string of the molecule is CCCN(Cc1cccc(C(N)=O)c1)CC1CCCN1. The summed E-state index contributed by atoms with van der Waals surface area (Å²) in [5, 5.41) is 3.55. The first kappa shape index (κ1) is 15.0. The van der Waals surface area contributed by atoms with Crippen molar-refractivity contribution in [1.29, 1.82) is 0 Å². The van der Waals surface area contributed by atoms with Gasteiger partial charge in [0.05, 0.1) is 0 Å². The summed E-state index contributed by atoms with van der Waals surface area (Å²) in [6.07, 6.45) is 3.69. The third-order valence-corrected chi connectivity index (χ3v) is 3.80. The minimum Gasteiger partial charge on any atom is -0.366 e. The predicted molar refractivity (Wildman–Crippen MR) is 81.6 cm³/mol. The van der Waals surface area contributed by atoms with Gasteiger partial charge in [0.2, 0.25) is 5.91 Å². The molecule has 20 heavy (non-hydrogen) atoms. The van der Waals surface area contributed by atoms with Crippen LogP contribution in [0.4, 0.5) is 0 Å². The molecular weight excluding hydrogens is 250 g/mol. The zero-order valence-electron chi connectivity index (χ0n) is 12.3. The predicted octanol–water partition coefficient (Wildman–Crippen LogP) is 1.75. The molecule has 0 spiro atoms. The van der Waals surface area contributed by atoms with Gasteiger partial charge in [-0.1, -0.05) is 19.1 Å². The monoisotopic (exact) mass is 275 g/mol. The summed E-state index contributed by atoms with van der Waals surface area (Å²) in [6.45, 7) is 6.39. The number of amides is 1. The Hall–Kier alpha value is -1.39. The van der Waals surface area contributed by atoms with Crippen LogP contribution in [0.2, 0.25) is 0 Å². The van der Waals surface area contributed by atoms with Crippen molar-refractivity contribution in [3.8, 4) is 0 Å². The number of hydrogen-bond donors (Lipinski definition) is 2. The third-order valence-electron chi connectivity index (χ3n) is 3.80. The lowest BCUT2D eigenvalue weighted by Crippen LogP contribution is -2.37. The third kappa shape index (κ3) is 4.32. The Balaban J connectivity index is 1.99. The molecule has 1 fully saturated rings. The molecule has 0 saturated carbocycles. The fraction of sp³-hybridized carbons (Fsp3) is 0.562. The molecule has 1 unspecified atom stereocenters. The summed E-state index contributed by atoms with van der Waals surface area (Å²) in [7, 11) is 0. The molecule has 1 aliphatic rings. The van der Waals surface area contributed by atoms with Gasteiger partial charge in [0.1, 0.15) is 0 Å². The molecule has 1 heterocycles. The zero-order valence-corrected chi connectivity index (χ0v) is 12.3. The van der Waals surface area contributed by atoms with E-state index >= 15 is 0 Å². The molecule has 1 saturated heterocycles. The maximum absolute atomic E-state index is 11.2. The van der Waals surface area contributed by atoms with Crippen molar-refractivity contribution in [3.63, 3.8) is 0 Å². The minimum atomic E-state index is -0.355. The average Bonchev–Trinajstić information content (AvgIpc) is 2.92. The van der Waals surface area contributed by atoms with Crippen LogP contribution in [-0.2, 0) is 6.54 Å². The van der Waals surface area contributed by atoms with E-state index in [9.17, 15) is 4.79 Å². The number of carbonyl (C=O) groups excluding carboxylic acids is 1. The van der Waals surface area contributed by atoms with Crippen LogP contribution in [0.25, 0.3) is 0 Å². The lowest BCUT2D eigenvalue weighted by Gasteiger charge is -2.25. The Morgan fingerprint density at radius 1 is 1.50 bits per heavy atom. The van der Waals surface area contributed by atoms with Gasteiger partial charge in [-0.05, 0) is 50.0 Å². The van der Waals surface area contributed by atoms with Gasteiger partial charge in [-0.2, -0.15) is 0 Å². The van der Waals surface area contributed by atoms with Gasteiger partial charge in [0.15, 0.2) is 0 Å². The highest BCUT2D eigenvalue weighted by Crippen LogP contribution is 2.12. The van der Waals surface area contributed by atoms with Crippen molar-refractivity contribution in [2.75, 3.05) is 19.6 Å². The first-order chi connectivity index (χ1) is 9.69. The Kier molecular flexibility index (Phi) is 5.56. The first-order valence-electron chi connectivity index (χ1n) is 7.53. The maximum Gasteiger partial charge on any atom is 0.248 e. The van der Waals surface area contributed by atoms with Crippen LogP contribution in [-0.4, -0.2) is 36.5 Å². The Morgan fingerprint density at radius 2 is 2.35 bits per heavy atom. The first-order valence-corrected chi connectivity index (χ1v) is 7.53. The molecule has 1 aromatic carbocycles. The van der Waals surface area contributed by atoms with Crippen molar-refractivity contribution in [3.05, 3.63) is 35.4 Å². The van der Waals surface area contributed by atoms with E-state index < -0.39 is 0 Å². The van der Waals surface area contributed by atoms with Crippen molar-refractivity contribution in [2.45, 2.75) is 38.8 Å². The largest absolute Gasteiger partial charge is 0.366 e. The van der Waals surface area contributed by atoms with Crippen LogP contribution in [0.3, 0.4) is 0 Å². The van der Waals surface area contributed by atoms with E-state index in [2.05, 4.69) is 23.2 Å². The van der Waals surface area contributed by atoms with Gasteiger partial charge in [-0.25, -0.2) is 0 Å². The number of primary amides is 1. The number of benzene rings is 1. The van der Waals surface area contributed by atoms with Crippen LogP contribution in [0, 0.1) is 0 Å². The normalized spacial score (nSPS) is 18.6. The molecule has 1 amide bonds. The van der Waals surface area contributed by atoms with Crippen LogP contribution < -0.4 is 11.1 Å². The van der Waals surface area contributed by atoms with Crippen LogP contribution >= 0.6 is 0 Å². The van der Waals surface area contributed by atoms with Crippen LogP contribution in [0.15, 0.2) is 24.3 Å². The molecule has 2 rings (SSSR count). The van der Waals surface area contributed by atoms with Crippen LogP contribution in [0.1, 0.15) is 42.1 Å². The van der Waals surface area contributed by atoms with Gasteiger partial charge in [0.25, 0.3) is 0 Å². The molecule has 4 heteroatoms. The molecule has 1 aromatic rings. The second-order valence-corrected chi connectivity index (χ2v) is 5.59. The highest BCUT2D eigenvalue weighted by Gasteiger charge is 2.17. The van der Waals surface area contributed by atoms with Crippen molar-refractivity contribution in [2.24, 2.45) is 5.73 Å². The topological polar surface area (TPSA) is 58.4 Å². The molecule has 4 nitrogen and oxygen atoms in total. The highest BCUT2D eigenvalue weighted by molar-refractivity contribution is 5.92. The minimum absolute atomic E-state index is 0.355. The molecule has 1 atom stereocenters. The van der Waals surface area contributed by atoms with E-state index in [4.69, 9.17) is 5.73 Å². The summed E-state index contributed by atoms with van der Waals surface area (Å²) in [6, 6.07) is 8.27. The van der Waals surface area contributed by atoms with Gasteiger partial charge in [-0.15, -0.1) is 0 Å². The molecule has 3 N–H and O–H groups in total. The summed E-state index contributed by atoms with van der Waals surface area (Å²) in [5.41, 5.74) is 7.10. The number of nitrogens with two attached hydrogens (primary N) is 1. The summed E-state index contributed by atoms with van der Waals surface area (Å²) in [5.74, 6) is -0.355. The van der Waals surface area contributed by atoms with E-state index in [1.807, 2.05) is 12.1 Å². The fourth-order valence-electron chi connectivity index (χ4n) is 2.86. The van der Waals surface area contributed by atoms with E-state index in [1.165, 1.54) is 12.8 Å². The fourth-order valence-corrected chi connectivity index (χ4v) is 2.86. The average molecular weight is 275 g/mol. The zero-order chi connectivity index (χ0) is 14.4. The Bertz CT molecular complexity index is 441. The smallest absolute Gasteiger partial charge is 0.248 e. The number of nitrogens with one attached hydrogen (secondary N) is 1. The molecule has 0 radical (unpaired) electrons. The standard InChI is InChI=1S/C16H25N3O/c1-2-9-19(12-15-7-4-8-18-15)11-13-5-3-6-14(10-13)16(17)20/h3,5-6,10,15,18H,2,4,7-9,11-12H2,1H3,(H2,17,20). The van der Waals surface area contributed by atoms with Crippen molar-refractivity contribution >= 4 is 5.91 Å². The Labute approximate surface area is 121 Å². The van der Waals surface area contributed by atoms with Gasteiger partial charge >= 0.3 is 0 Å². The number of nitrogens with zero attached hydrogens (tertiary/aromatic N) is 1. The van der Waals surface area contributed by atoms with Gasteiger partial charge < -0.3 is 11.1 Å². The quantitative estimate of drug-likeness (QED) is 0.797. The molecule has 0 bridgehead atoms. The number of carbonyl (C=O) groups is 1. The summed E-state index contributed by atoms with van der Waals surface area (Å²) < 4.78 is 0.